The van der Waals surface area contributed by atoms with E-state index in [4.69, 9.17) is 15.0 Å². The Morgan fingerprint density at radius 2 is 0.551 bits per heavy atom. The predicted octanol–water partition coefficient (Wildman–Crippen LogP) is 11.3. The van der Waals surface area contributed by atoms with Gasteiger partial charge >= 0.3 is 0 Å². The summed E-state index contributed by atoms with van der Waals surface area (Å²) in [5.74, 6) is 2.62. The summed E-state index contributed by atoms with van der Waals surface area (Å²) in [6.45, 7) is 0. The summed E-state index contributed by atoms with van der Waals surface area (Å²) in [6, 6.07) is 60.9. The SMILES string of the molecule is c1ccc(N=C(CC(CC(=Nc2ccccc2)Nc2ccccc2)CC(=Nc2ccccc2)Nc2ccccc2)Nc2ccccc2)cc1. The van der Waals surface area contributed by atoms with Crippen LogP contribution in [0, 0.1) is 5.92 Å². The third-order valence-electron chi connectivity index (χ3n) is 7.69. The van der Waals surface area contributed by atoms with Gasteiger partial charge in [-0.25, -0.2) is 15.0 Å². The fraction of sp³-hybridized carbons (Fsp3) is 0.0930. The molecule has 49 heavy (non-hydrogen) atoms. The minimum absolute atomic E-state index is 0.0380. The fourth-order valence-electron chi connectivity index (χ4n) is 5.45. The molecule has 0 saturated carbocycles. The lowest BCUT2D eigenvalue weighted by Gasteiger charge is -2.23. The molecule has 0 saturated heterocycles. The highest BCUT2D eigenvalue weighted by atomic mass is 15.0. The van der Waals surface area contributed by atoms with Crippen molar-refractivity contribution < 1.29 is 0 Å². The number of para-hydroxylation sites is 6. The van der Waals surface area contributed by atoms with Crippen LogP contribution in [0.2, 0.25) is 0 Å². The van der Waals surface area contributed by atoms with E-state index >= 15 is 0 Å². The highest BCUT2D eigenvalue weighted by Crippen LogP contribution is 2.25. The third kappa shape index (κ3) is 10.9. The van der Waals surface area contributed by atoms with Crippen molar-refractivity contribution in [3.05, 3.63) is 182 Å². The molecule has 6 rings (SSSR count). The normalized spacial score (nSPS) is 12.6. The highest BCUT2D eigenvalue weighted by Gasteiger charge is 2.20. The number of hydrogen-bond acceptors (Lipinski definition) is 3. The second kappa shape index (κ2) is 17.6. The van der Waals surface area contributed by atoms with Crippen LogP contribution in [0.1, 0.15) is 19.3 Å². The van der Waals surface area contributed by atoms with Crippen LogP contribution in [0.3, 0.4) is 0 Å². The predicted molar refractivity (Wildman–Crippen MR) is 208 cm³/mol. The van der Waals surface area contributed by atoms with E-state index in [-0.39, 0.29) is 5.92 Å². The van der Waals surface area contributed by atoms with Gasteiger partial charge in [-0.15, -0.1) is 0 Å². The van der Waals surface area contributed by atoms with Crippen molar-refractivity contribution in [3.8, 4) is 0 Å². The number of nitrogens with one attached hydrogen (secondary N) is 3. The Bertz CT molecular complexity index is 1700. The molecule has 3 N–H and O–H groups in total. The summed E-state index contributed by atoms with van der Waals surface area (Å²) in [4.78, 5) is 15.4. The first kappa shape index (κ1) is 32.7. The van der Waals surface area contributed by atoms with Gasteiger partial charge in [0.2, 0.25) is 0 Å². The average molecular weight is 641 g/mol. The third-order valence-corrected chi connectivity index (χ3v) is 7.69. The van der Waals surface area contributed by atoms with E-state index in [1.807, 2.05) is 146 Å². The Morgan fingerprint density at radius 3 is 0.796 bits per heavy atom. The lowest BCUT2D eigenvalue weighted by molar-refractivity contribution is 0.595. The molecule has 0 heterocycles. The van der Waals surface area contributed by atoms with Crippen molar-refractivity contribution in [2.45, 2.75) is 19.3 Å². The molecule has 0 spiro atoms. The second-order valence-corrected chi connectivity index (χ2v) is 11.6. The minimum atomic E-state index is 0.0380. The van der Waals surface area contributed by atoms with E-state index in [1.54, 1.807) is 0 Å². The summed E-state index contributed by atoms with van der Waals surface area (Å²) in [5, 5.41) is 10.9. The number of nitrogens with zero attached hydrogens (tertiary/aromatic N) is 3. The van der Waals surface area contributed by atoms with Crippen LogP contribution in [-0.2, 0) is 0 Å². The number of rotatable bonds is 12. The van der Waals surface area contributed by atoms with Crippen molar-refractivity contribution in [2.24, 2.45) is 20.9 Å². The standard InChI is InChI=1S/C43H40N6/c1-7-19-35(20-8-1)44-41(45-36-21-9-2-10-22-36)31-34(32-42(46-37-23-11-3-12-24-37)47-38-25-13-4-14-26-38)33-43(48-39-27-15-5-16-28-39)49-40-29-17-6-18-30-40/h1-30,34H,31-33H2,(H,44,45)(H,46,47)(H,48,49). The summed E-state index contributed by atoms with van der Waals surface area (Å²) in [6.07, 6.45) is 1.91. The zero-order valence-corrected chi connectivity index (χ0v) is 27.4. The molecule has 0 amide bonds. The van der Waals surface area contributed by atoms with Gasteiger partial charge in [0.15, 0.2) is 0 Å². The maximum Gasteiger partial charge on any atom is 0.107 e. The van der Waals surface area contributed by atoms with Gasteiger partial charge < -0.3 is 16.0 Å². The zero-order valence-electron chi connectivity index (χ0n) is 27.4. The molecule has 0 atom stereocenters. The molecule has 242 valence electrons. The Labute approximate surface area is 289 Å². The van der Waals surface area contributed by atoms with Gasteiger partial charge in [-0.2, -0.15) is 0 Å². The molecule has 0 radical (unpaired) electrons. The molecular formula is C43H40N6. The Kier molecular flexibility index (Phi) is 11.7. The van der Waals surface area contributed by atoms with Crippen LogP contribution in [0.15, 0.2) is 197 Å². The average Bonchev–Trinajstić information content (AvgIpc) is 3.14. The van der Waals surface area contributed by atoms with Gasteiger partial charge in [0, 0.05) is 36.3 Å². The van der Waals surface area contributed by atoms with Gasteiger partial charge in [0.05, 0.1) is 17.1 Å². The topological polar surface area (TPSA) is 73.2 Å². The molecule has 6 aromatic carbocycles. The van der Waals surface area contributed by atoms with E-state index in [0.717, 1.165) is 51.6 Å². The van der Waals surface area contributed by atoms with Crippen LogP contribution in [-0.4, -0.2) is 17.5 Å². The van der Waals surface area contributed by atoms with Crippen molar-refractivity contribution in [3.63, 3.8) is 0 Å². The molecule has 6 aromatic rings. The van der Waals surface area contributed by atoms with Crippen LogP contribution in [0.4, 0.5) is 34.1 Å². The van der Waals surface area contributed by atoms with E-state index in [0.29, 0.717) is 19.3 Å². The van der Waals surface area contributed by atoms with Crippen molar-refractivity contribution in [1.82, 2.24) is 0 Å². The second-order valence-electron chi connectivity index (χ2n) is 11.6. The maximum absolute atomic E-state index is 5.13. The van der Waals surface area contributed by atoms with Crippen molar-refractivity contribution >= 4 is 51.6 Å². The number of amidine groups is 3. The summed E-state index contributed by atoms with van der Waals surface area (Å²) in [7, 11) is 0. The van der Waals surface area contributed by atoms with Gasteiger partial charge in [-0.05, 0) is 78.7 Å². The molecule has 0 aliphatic rings. The van der Waals surface area contributed by atoms with E-state index in [2.05, 4.69) is 52.3 Å². The Hall–Kier alpha value is -6.27. The van der Waals surface area contributed by atoms with Crippen LogP contribution < -0.4 is 16.0 Å². The molecule has 0 aromatic heterocycles. The molecule has 6 nitrogen and oxygen atoms in total. The van der Waals surface area contributed by atoms with Gasteiger partial charge in [0.25, 0.3) is 0 Å². The zero-order chi connectivity index (χ0) is 33.4. The first-order chi connectivity index (χ1) is 24.2. The monoisotopic (exact) mass is 640 g/mol. The summed E-state index contributed by atoms with van der Waals surface area (Å²) < 4.78 is 0. The van der Waals surface area contributed by atoms with Crippen molar-refractivity contribution in [2.75, 3.05) is 16.0 Å². The first-order valence-corrected chi connectivity index (χ1v) is 16.6. The first-order valence-electron chi connectivity index (χ1n) is 16.6. The number of hydrogen-bond donors (Lipinski definition) is 3. The van der Waals surface area contributed by atoms with Crippen LogP contribution in [0.5, 0.6) is 0 Å². The van der Waals surface area contributed by atoms with Crippen molar-refractivity contribution in [1.29, 1.82) is 0 Å². The number of aliphatic imine (C=N–C) groups is 3. The fourth-order valence-corrected chi connectivity index (χ4v) is 5.45. The van der Waals surface area contributed by atoms with E-state index in [9.17, 15) is 0 Å². The molecule has 0 aliphatic heterocycles. The number of anilines is 3. The Balaban J connectivity index is 1.40. The maximum atomic E-state index is 5.13. The van der Waals surface area contributed by atoms with Gasteiger partial charge in [-0.3, -0.25) is 0 Å². The minimum Gasteiger partial charge on any atom is -0.344 e. The van der Waals surface area contributed by atoms with Gasteiger partial charge in [-0.1, -0.05) is 109 Å². The number of benzene rings is 6. The van der Waals surface area contributed by atoms with E-state index in [1.165, 1.54) is 0 Å². The Morgan fingerprint density at radius 1 is 0.327 bits per heavy atom. The lowest BCUT2D eigenvalue weighted by atomic mass is 9.94. The smallest absolute Gasteiger partial charge is 0.107 e. The molecule has 0 bridgehead atoms. The summed E-state index contributed by atoms with van der Waals surface area (Å²) in [5.41, 5.74) is 5.62. The van der Waals surface area contributed by atoms with E-state index < -0.39 is 0 Å². The molecule has 0 aliphatic carbocycles. The quantitative estimate of drug-likeness (QED) is 0.0920. The van der Waals surface area contributed by atoms with Crippen LogP contribution in [0.25, 0.3) is 0 Å². The molecule has 0 unspecified atom stereocenters. The highest BCUT2D eigenvalue weighted by molar-refractivity contribution is 6.02. The van der Waals surface area contributed by atoms with Gasteiger partial charge in [0.1, 0.15) is 17.5 Å². The molecule has 0 fully saturated rings. The summed E-state index contributed by atoms with van der Waals surface area (Å²) >= 11 is 0. The largest absolute Gasteiger partial charge is 0.344 e. The lowest BCUT2D eigenvalue weighted by Crippen LogP contribution is -2.26. The molecule has 6 heteroatoms. The molecular weight excluding hydrogens is 601 g/mol. The van der Waals surface area contributed by atoms with Crippen LogP contribution >= 0.6 is 0 Å².